The number of fused-ring (bicyclic) bond motifs is 2. The van der Waals surface area contributed by atoms with Crippen LogP contribution in [0.3, 0.4) is 0 Å². The van der Waals surface area contributed by atoms with Crippen LogP contribution in [-0.4, -0.2) is 26.4 Å². The topological polar surface area (TPSA) is 36.9 Å². The lowest BCUT2D eigenvalue weighted by Gasteiger charge is -2.17. The van der Waals surface area contributed by atoms with Crippen LogP contribution in [0.2, 0.25) is 0 Å². The third-order valence-corrected chi connectivity index (χ3v) is 6.01. The van der Waals surface area contributed by atoms with Gasteiger partial charge in [-0.1, -0.05) is 20.4 Å². The molecule has 0 aliphatic carbocycles. The zero-order valence-electron chi connectivity index (χ0n) is 14.0. The van der Waals surface area contributed by atoms with Gasteiger partial charge in [-0.2, -0.15) is 0 Å². The lowest BCUT2D eigenvalue weighted by atomic mass is 10.1. The molecule has 0 aromatic carbocycles. The number of rotatable bonds is 3. The molecular weight excluding hydrogens is 344 g/mol. The molecule has 2 aromatic rings. The Morgan fingerprint density at radius 1 is 1.00 bits per heavy atom. The Labute approximate surface area is 150 Å². The molecule has 4 nitrogen and oxygen atoms in total. The molecule has 2 aromatic heterocycles. The third-order valence-electron chi connectivity index (χ3n) is 3.90. The summed E-state index contributed by atoms with van der Waals surface area (Å²) < 4.78 is 21.8. The summed E-state index contributed by atoms with van der Waals surface area (Å²) >= 11 is 3.35. The maximum absolute atomic E-state index is 5.60. The first-order valence-corrected chi connectivity index (χ1v) is 9.87. The van der Waals surface area contributed by atoms with Crippen LogP contribution in [0.4, 0.5) is 0 Å². The molecule has 1 unspecified atom stereocenters. The minimum atomic E-state index is 0.579. The summed E-state index contributed by atoms with van der Waals surface area (Å²) in [6.45, 7) is 10.8. The van der Waals surface area contributed by atoms with Gasteiger partial charge in [0.15, 0.2) is 23.0 Å². The first kappa shape index (κ1) is 17.2. The van der Waals surface area contributed by atoms with E-state index in [2.05, 4.69) is 25.8 Å². The fourth-order valence-corrected chi connectivity index (χ4v) is 4.28. The number of ether oxygens (including phenoxy) is 4. The van der Waals surface area contributed by atoms with E-state index in [1.165, 1.54) is 4.88 Å². The van der Waals surface area contributed by atoms with Crippen LogP contribution in [0.15, 0.2) is 17.3 Å². The minimum absolute atomic E-state index is 0.579. The first-order chi connectivity index (χ1) is 11.7. The summed E-state index contributed by atoms with van der Waals surface area (Å²) in [6.07, 6.45) is 2.94. The minimum Gasteiger partial charge on any atom is -0.485 e. The standard InChI is InChI=1S/C10H14O2S.C8H8O2S/c1-3-7(2)10-9-8(6-13-10)11-4-5-12-9;1-2-7-8-6(5-11-7)9-3-4-10-8/h6-7H,3-5H2,1-2H3;2,5H,1,3-4H2. The fraction of sp³-hybridized carbons (Fsp3) is 0.444. The SMILES string of the molecule is C=Cc1scc2c1OCCO2.CCC(C)c1scc2c1OCCO2. The molecule has 0 bridgehead atoms. The van der Waals surface area contributed by atoms with Gasteiger partial charge in [-0.25, -0.2) is 0 Å². The van der Waals surface area contributed by atoms with Gasteiger partial charge in [0, 0.05) is 10.8 Å². The highest BCUT2D eigenvalue weighted by Gasteiger charge is 2.21. The van der Waals surface area contributed by atoms with Crippen LogP contribution in [0, 0.1) is 0 Å². The van der Waals surface area contributed by atoms with E-state index in [0.29, 0.717) is 32.3 Å². The maximum atomic E-state index is 5.60. The van der Waals surface area contributed by atoms with Crippen LogP contribution >= 0.6 is 22.7 Å². The summed E-state index contributed by atoms with van der Waals surface area (Å²) in [7, 11) is 0. The molecular formula is C18H22O4S2. The Bertz CT molecular complexity index is 689. The summed E-state index contributed by atoms with van der Waals surface area (Å²) in [6, 6.07) is 0. The molecule has 0 spiro atoms. The normalized spacial score (nSPS) is 15.9. The van der Waals surface area contributed by atoms with Gasteiger partial charge in [-0.15, -0.1) is 22.7 Å². The molecule has 0 N–H and O–H groups in total. The second kappa shape index (κ2) is 7.94. The van der Waals surface area contributed by atoms with Crippen molar-refractivity contribution in [3.8, 4) is 23.0 Å². The van der Waals surface area contributed by atoms with Crippen LogP contribution in [0.1, 0.15) is 35.9 Å². The van der Waals surface area contributed by atoms with Crippen LogP contribution < -0.4 is 18.9 Å². The van der Waals surface area contributed by atoms with Crippen molar-refractivity contribution in [1.29, 1.82) is 0 Å². The van der Waals surface area contributed by atoms with Crippen molar-refractivity contribution in [2.75, 3.05) is 26.4 Å². The Hall–Kier alpha value is -1.66. The average Bonchev–Trinajstić information content (AvgIpc) is 3.25. The summed E-state index contributed by atoms with van der Waals surface area (Å²) in [5, 5.41) is 4.00. The molecule has 2 aliphatic heterocycles. The van der Waals surface area contributed by atoms with Crippen molar-refractivity contribution in [3.05, 3.63) is 27.1 Å². The van der Waals surface area contributed by atoms with Crippen molar-refractivity contribution < 1.29 is 18.9 Å². The molecule has 24 heavy (non-hydrogen) atoms. The van der Waals surface area contributed by atoms with E-state index >= 15 is 0 Å². The van der Waals surface area contributed by atoms with Gasteiger partial charge in [0.25, 0.3) is 0 Å². The molecule has 0 radical (unpaired) electrons. The summed E-state index contributed by atoms with van der Waals surface area (Å²) in [5.74, 6) is 4.22. The second-order valence-electron chi connectivity index (χ2n) is 5.49. The zero-order chi connectivity index (χ0) is 16.9. The highest BCUT2D eigenvalue weighted by atomic mass is 32.1. The van der Waals surface area contributed by atoms with Crippen molar-refractivity contribution in [2.45, 2.75) is 26.2 Å². The van der Waals surface area contributed by atoms with Gasteiger partial charge in [0.05, 0.1) is 9.75 Å². The largest absolute Gasteiger partial charge is 0.485 e. The van der Waals surface area contributed by atoms with E-state index < -0.39 is 0 Å². The van der Waals surface area contributed by atoms with E-state index in [4.69, 9.17) is 18.9 Å². The van der Waals surface area contributed by atoms with E-state index in [-0.39, 0.29) is 0 Å². The van der Waals surface area contributed by atoms with E-state index in [1.54, 1.807) is 28.7 Å². The van der Waals surface area contributed by atoms with Crippen molar-refractivity contribution in [2.24, 2.45) is 0 Å². The highest BCUT2D eigenvalue weighted by molar-refractivity contribution is 7.11. The first-order valence-electron chi connectivity index (χ1n) is 8.11. The molecule has 6 heteroatoms. The van der Waals surface area contributed by atoms with Crippen molar-refractivity contribution in [1.82, 2.24) is 0 Å². The lowest BCUT2D eigenvalue weighted by Crippen LogP contribution is -2.15. The van der Waals surface area contributed by atoms with E-state index in [1.807, 2.05) is 5.38 Å². The Morgan fingerprint density at radius 3 is 2.25 bits per heavy atom. The van der Waals surface area contributed by atoms with Crippen LogP contribution in [-0.2, 0) is 0 Å². The number of hydrogen-bond donors (Lipinski definition) is 0. The van der Waals surface area contributed by atoms with Gasteiger partial charge in [0.2, 0.25) is 0 Å². The zero-order valence-corrected chi connectivity index (χ0v) is 15.6. The Balaban J connectivity index is 0.000000143. The molecule has 130 valence electrons. The Kier molecular flexibility index (Phi) is 5.68. The Morgan fingerprint density at radius 2 is 1.58 bits per heavy atom. The second-order valence-corrected chi connectivity index (χ2v) is 7.32. The lowest BCUT2D eigenvalue weighted by molar-refractivity contribution is 0.171. The molecule has 4 rings (SSSR count). The molecule has 2 aliphatic rings. The number of hydrogen-bond acceptors (Lipinski definition) is 6. The van der Waals surface area contributed by atoms with Gasteiger partial charge < -0.3 is 18.9 Å². The smallest absolute Gasteiger partial charge is 0.179 e. The summed E-state index contributed by atoms with van der Waals surface area (Å²) in [4.78, 5) is 2.39. The average molecular weight is 367 g/mol. The quantitative estimate of drug-likeness (QED) is 0.748. The van der Waals surface area contributed by atoms with Gasteiger partial charge in [-0.3, -0.25) is 0 Å². The monoisotopic (exact) mass is 366 g/mol. The molecule has 0 saturated carbocycles. The van der Waals surface area contributed by atoms with Gasteiger partial charge in [-0.05, 0) is 18.4 Å². The van der Waals surface area contributed by atoms with Gasteiger partial charge >= 0.3 is 0 Å². The molecule has 0 saturated heterocycles. The predicted octanol–water partition coefficient (Wildman–Crippen LogP) is 5.20. The third kappa shape index (κ3) is 3.54. The molecule has 1 atom stereocenters. The molecule has 0 fully saturated rings. The number of thiophene rings is 2. The van der Waals surface area contributed by atoms with E-state index in [0.717, 1.165) is 34.3 Å². The van der Waals surface area contributed by atoms with E-state index in [9.17, 15) is 0 Å². The predicted molar refractivity (Wildman–Crippen MR) is 99.4 cm³/mol. The highest BCUT2D eigenvalue weighted by Crippen LogP contribution is 2.44. The van der Waals surface area contributed by atoms with Crippen LogP contribution in [0.5, 0.6) is 23.0 Å². The van der Waals surface area contributed by atoms with Gasteiger partial charge in [0.1, 0.15) is 26.4 Å². The maximum Gasteiger partial charge on any atom is 0.179 e. The summed E-state index contributed by atoms with van der Waals surface area (Å²) in [5.41, 5.74) is 0. The molecule has 0 amide bonds. The van der Waals surface area contributed by atoms with Crippen LogP contribution in [0.25, 0.3) is 6.08 Å². The van der Waals surface area contributed by atoms with Crippen molar-refractivity contribution >= 4 is 28.7 Å². The fourth-order valence-electron chi connectivity index (χ4n) is 2.43. The van der Waals surface area contributed by atoms with Crippen molar-refractivity contribution in [3.63, 3.8) is 0 Å². The molecule has 4 heterocycles.